The van der Waals surface area contributed by atoms with E-state index >= 15 is 0 Å². The smallest absolute Gasteiger partial charge is 0.295 e. The molecule has 2 heterocycles. The monoisotopic (exact) mass is 492 g/mol. The van der Waals surface area contributed by atoms with Crippen LogP contribution in [-0.2, 0) is 18.4 Å². The van der Waals surface area contributed by atoms with Crippen molar-refractivity contribution in [2.75, 3.05) is 11.1 Å². The zero-order valence-corrected chi connectivity index (χ0v) is 20.4. The third-order valence-electron chi connectivity index (χ3n) is 5.31. The lowest BCUT2D eigenvalue weighted by molar-refractivity contribution is -0.113. The first-order valence-electron chi connectivity index (χ1n) is 10.6. The van der Waals surface area contributed by atoms with Crippen LogP contribution in [0.15, 0.2) is 81.8 Å². The number of thioether (sulfide) groups is 1. The van der Waals surface area contributed by atoms with E-state index in [1.807, 2.05) is 60.0 Å². The highest BCUT2D eigenvalue weighted by Crippen LogP contribution is 2.23. The van der Waals surface area contributed by atoms with Crippen LogP contribution in [0.1, 0.15) is 20.9 Å². The molecule has 4 aromatic rings. The normalized spacial score (nSPS) is 10.8. The van der Waals surface area contributed by atoms with Crippen molar-refractivity contribution in [2.24, 2.45) is 7.05 Å². The highest BCUT2D eigenvalue weighted by atomic mass is 32.2. The standard InChI is InChI=1S/C25H24N4O3S2/c1-17-23(25(32)29(28(17)2)18-9-4-3-5-10-18)27-22(30)16-34-21-13-7-6-12-20(21)24(31)26-15-19-11-8-14-33-19/h3-14H,15-16H2,1-2H3,(H,26,31)(H,27,30). The Morgan fingerprint density at radius 3 is 2.47 bits per heavy atom. The van der Waals surface area contributed by atoms with Gasteiger partial charge in [-0.1, -0.05) is 36.4 Å². The maximum Gasteiger partial charge on any atom is 0.295 e. The fraction of sp³-hybridized carbons (Fsp3) is 0.160. The first-order valence-corrected chi connectivity index (χ1v) is 12.5. The Hall–Kier alpha value is -3.56. The van der Waals surface area contributed by atoms with Gasteiger partial charge in [0.15, 0.2) is 0 Å². The molecular formula is C25H24N4O3S2. The molecule has 34 heavy (non-hydrogen) atoms. The molecule has 2 amide bonds. The molecule has 0 unspecified atom stereocenters. The Bertz CT molecular complexity index is 1360. The molecule has 174 valence electrons. The summed E-state index contributed by atoms with van der Waals surface area (Å²) in [4.78, 5) is 40.2. The second kappa shape index (κ2) is 10.6. The van der Waals surface area contributed by atoms with Crippen LogP contribution in [0.2, 0.25) is 0 Å². The van der Waals surface area contributed by atoms with Crippen LogP contribution in [0.25, 0.3) is 5.69 Å². The topological polar surface area (TPSA) is 85.1 Å². The molecule has 0 radical (unpaired) electrons. The van der Waals surface area contributed by atoms with E-state index in [0.29, 0.717) is 22.7 Å². The number of benzene rings is 2. The van der Waals surface area contributed by atoms with Crippen LogP contribution in [0.5, 0.6) is 0 Å². The molecule has 4 rings (SSSR count). The molecule has 0 atom stereocenters. The molecule has 0 bridgehead atoms. The largest absolute Gasteiger partial charge is 0.347 e. The van der Waals surface area contributed by atoms with Gasteiger partial charge in [-0.25, -0.2) is 4.68 Å². The maximum absolute atomic E-state index is 13.0. The molecule has 0 spiro atoms. The number of amides is 2. The van der Waals surface area contributed by atoms with Crippen molar-refractivity contribution in [1.29, 1.82) is 0 Å². The van der Waals surface area contributed by atoms with Gasteiger partial charge in [-0.05, 0) is 42.6 Å². The Balaban J connectivity index is 1.43. The lowest BCUT2D eigenvalue weighted by Crippen LogP contribution is -2.24. The Labute approximate surface area is 205 Å². The van der Waals surface area contributed by atoms with E-state index in [2.05, 4.69) is 10.6 Å². The van der Waals surface area contributed by atoms with Crippen LogP contribution in [0, 0.1) is 6.92 Å². The molecule has 2 aromatic heterocycles. The van der Waals surface area contributed by atoms with Crippen molar-refractivity contribution < 1.29 is 9.59 Å². The summed E-state index contributed by atoms with van der Waals surface area (Å²) in [6.07, 6.45) is 0. The summed E-state index contributed by atoms with van der Waals surface area (Å²) in [7, 11) is 1.78. The summed E-state index contributed by atoms with van der Waals surface area (Å²) >= 11 is 2.84. The number of hydrogen-bond donors (Lipinski definition) is 2. The predicted octanol–water partition coefficient (Wildman–Crippen LogP) is 4.21. The van der Waals surface area contributed by atoms with Gasteiger partial charge in [-0.3, -0.25) is 19.1 Å². The minimum Gasteiger partial charge on any atom is -0.347 e. The SMILES string of the molecule is Cc1c(NC(=O)CSc2ccccc2C(=O)NCc2cccs2)c(=O)n(-c2ccccc2)n1C. The molecule has 0 fully saturated rings. The van der Waals surface area contributed by atoms with Crippen molar-refractivity contribution in [2.45, 2.75) is 18.4 Å². The van der Waals surface area contributed by atoms with Gasteiger partial charge >= 0.3 is 0 Å². The minimum atomic E-state index is -0.315. The summed E-state index contributed by atoms with van der Waals surface area (Å²) in [6, 6.07) is 20.3. The number of hydrogen-bond acceptors (Lipinski definition) is 5. The van der Waals surface area contributed by atoms with E-state index in [9.17, 15) is 14.4 Å². The van der Waals surface area contributed by atoms with Gasteiger partial charge in [0.05, 0.1) is 29.2 Å². The number of aromatic nitrogens is 2. The van der Waals surface area contributed by atoms with Gasteiger partial charge in [0.1, 0.15) is 5.69 Å². The minimum absolute atomic E-state index is 0.0638. The quantitative estimate of drug-likeness (QED) is 0.361. The van der Waals surface area contributed by atoms with Crippen molar-refractivity contribution in [1.82, 2.24) is 14.7 Å². The van der Waals surface area contributed by atoms with Gasteiger partial charge in [0.2, 0.25) is 5.91 Å². The Kier molecular flexibility index (Phi) is 7.34. The van der Waals surface area contributed by atoms with Crippen LogP contribution in [0.3, 0.4) is 0 Å². The third-order valence-corrected chi connectivity index (χ3v) is 7.26. The van der Waals surface area contributed by atoms with Crippen LogP contribution in [-0.4, -0.2) is 26.9 Å². The fourth-order valence-electron chi connectivity index (χ4n) is 3.49. The second-order valence-electron chi connectivity index (χ2n) is 7.53. The number of thiophene rings is 1. The number of rotatable bonds is 8. The number of carbonyl (C=O) groups is 2. The molecule has 2 N–H and O–H groups in total. The summed E-state index contributed by atoms with van der Waals surface area (Å²) in [6.45, 7) is 2.24. The zero-order chi connectivity index (χ0) is 24.1. The highest BCUT2D eigenvalue weighted by molar-refractivity contribution is 8.00. The lowest BCUT2D eigenvalue weighted by Gasteiger charge is -2.09. The van der Waals surface area contributed by atoms with Crippen LogP contribution >= 0.6 is 23.1 Å². The van der Waals surface area contributed by atoms with Crippen molar-refractivity contribution in [3.05, 3.63) is 98.6 Å². The average Bonchev–Trinajstić information content (AvgIpc) is 3.45. The molecule has 0 saturated carbocycles. The Morgan fingerprint density at radius 2 is 1.74 bits per heavy atom. The van der Waals surface area contributed by atoms with Gasteiger partial charge in [-0.2, -0.15) is 0 Å². The van der Waals surface area contributed by atoms with Crippen molar-refractivity contribution in [3.8, 4) is 5.69 Å². The number of nitrogens with one attached hydrogen (secondary N) is 2. The zero-order valence-electron chi connectivity index (χ0n) is 18.8. The van der Waals surface area contributed by atoms with E-state index in [-0.39, 0.29) is 28.8 Å². The predicted molar refractivity (Wildman–Crippen MR) is 137 cm³/mol. The number of anilines is 1. The molecular weight excluding hydrogens is 468 g/mol. The number of nitrogens with zero attached hydrogens (tertiary/aromatic N) is 2. The fourth-order valence-corrected chi connectivity index (χ4v) is 4.98. The van der Waals surface area contributed by atoms with Gasteiger partial charge in [-0.15, -0.1) is 23.1 Å². The highest BCUT2D eigenvalue weighted by Gasteiger charge is 2.19. The summed E-state index contributed by atoms with van der Waals surface area (Å²) in [5, 5.41) is 7.64. The van der Waals surface area contributed by atoms with E-state index in [4.69, 9.17) is 0 Å². The Morgan fingerprint density at radius 1 is 1.00 bits per heavy atom. The molecule has 0 saturated heterocycles. The van der Waals surface area contributed by atoms with E-state index < -0.39 is 0 Å². The van der Waals surface area contributed by atoms with E-state index in [1.54, 1.807) is 42.1 Å². The average molecular weight is 493 g/mol. The van der Waals surface area contributed by atoms with Crippen molar-refractivity contribution in [3.63, 3.8) is 0 Å². The maximum atomic E-state index is 13.0. The number of para-hydroxylation sites is 1. The first kappa shape index (κ1) is 23.6. The molecule has 0 aliphatic heterocycles. The molecule has 0 aliphatic rings. The van der Waals surface area contributed by atoms with Gasteiger partial charge < -0.3 is 10.6 Å². The van der Waals surface area contributed by atoms with Crippen molar-refractivity contribution >= 4 is 40.6 Å². The second-order valence-corrected chi connectivity index (χ2v) is 9.58. The molecule has 7 nitrogen and oxygen atoms in total. The summed E-state index contributed by atoms with van der Waals surface area (Å²) in [5.41, 5.74) is 1.84. The van der Waals surface area contributed by atoms with E-state index in [1.165, 1.54) is 16.4 Å². The summed E-state index contributed by atoms with van der Waals surface area (Å²) < 4.78 is 3.24. The first-order chi connectivity index (χ1) is 16.5. The van der Waals surface area contributed by atoms with E-state index in [0.717, 1.165) is 10.6 Å². The summed E-state index contributed by atoms with van der Waals surface area (Å²) in [5.74, 6) is -0.444. The van der Waals surface area contributed by atoms with Gasteiger partial charge in [0, 0.05) is 16.8 Å². The third kappa shape index (κ3) is 5.16. The van der Waals surface area contributed by atoms with Crippen LogP contribution < -0.4 is 16.2 Å². The molecule has 9 heteroatoms. The molecule has 2 aromatic carbocycles. The lowest BCUT2D eigenvalue weighted by atomic mass is 10.2. The number of carbonyl (C=O) groups excluding carboxylic acids is 2. The molecule has 0 aliphatic carbocycles. The van der Waals surface area contributed by atoms with Gasteiger partial charge in [0.25, 0.3) is 11.5 Å². The van der Waals surface area contributed by atoms with Crippen LogP contribution in [0.4, 0.5) is 5.69 Å².